The molecule has 9 nitrogen and oxygen atoms in total. The molecule has 0 aliphatic carbocycles. The van der Waals surface area contributed by atoms with Gasteiger partial charge in [0.25, 0.3) is 5.91 Å². The molecule has 2 aromatic rings. The first-order valence-electron chi connectivity index (χ1n) is 10.3. The average Bonchev–Trinajstić information content (AvgIpc) is 2.83. The molecule has 11 heteroatoms. The highest BCUT2D eigenvalue weighted by atomic mass is 32.2. The summed E-state index contributed by atoms with van der Waals surface area (Å²) in [6.07, 6.45) is 0. The minimum Gasteiger partial charge on any atom is -0.480 e. The monoisotopic (exact) mass is 493 g/mol. The molecule has 178 valence electrons. The van der Waals surface area contributed by atoms with Crippen molar-refractivity contribution in [1.29, 1.82) is 0 Å². The molecule has 0 spiro atoms. The van der Waals surface area contributed by atoms with Crippen molar-refractivity contribution in [2.45, 2.75) is 22.9 Å². The quantitative estimate of drug-likeness (QED) is 0.389. The van der Waals surface area contributed by atoms with Crippen LogP contribution in [0.3, 0.4) is 0 Å². The third kappa shape index (κ3) is 5.56. The van der Waals surface area contributed by atoms with E-state index in [-0.39, 0.29) is 16.6 Å². The van der Waals surface area contributed by atoms with Gasteiger partial charge in [-0.1, -0.05) is 18.2 Å². The zero-order chi connectivity index (χ0) is 24.1. The Kier molecular flexibility index (Phi) is 8.14. The Labute approximate surface area is 198 Å². The molecule has 1 fully saturated rings. The maximum absolute atomic E-state index is 13.7. The summed E-state index contributed by atoms with van der Waals surface area (Å²) < 4.78 is 32.8. The third-order valence-electron chi connectivity index (χ3n) is 5.52. The Morgan fingerprint density at radius 1 is 1.12 bits per heavy atom. The average molecular weight is 494 g/mol. The maximum atomic E-state index is 13.7. The number of carboxylic acid groups (broad SMARTS) is 1. The predicted molar refractivity (Wildman–Crippen MR) is 127 cm³/mol. The van der Waals surface area contributed by atoms with Gasteiger partial charge < -0.3 is 15.2 Å². The van der Waals surface area contributed by atoms with Crippen LogP contribution in [0.4, 0.5) is 5.69 Å². The number of benzene rings is 2. The van der Waals surface area contributed by atoms with E-state index in [1.807, 2.05) is 0 Å². The SMILES string of the molecule is CC(N[C@@H](CS)C(=O)O)(N1CCOCC1)S(=O)(=O)c1ccc(NC(=O)c2ccccc2)cc1. The van der Waals surface area contributed by atoms with Crippen LogP contribution in [0.25, 0.3) is 0 Å². The highest BCUT2D eigenvalue weighted by Gasteiger charge is 2.48. The van der Waals surface area contributed by atoms with Crippen molar-refractivity contribution >= 4 is 40.0 Å². The highest BCUT2D eigenvalue weighted by Crippen LogP contribution is 2.29. The van der Waals surface area contributed by atoms with Crippen molar-refractivity contribution in [3.8, 4) is 0 Å². The minimum atomic E-state index is -4.09. The van der Waals surface area contributed by atoms with Crippen LogP contribution in [0.5, 0.6) is 0 Å². The van der Waals surface area contributed by atoms with Gasteiger partial charge in [-0.05, 0) is 43.3 Å². The fourth-order valence-corrected chi connectivity index (χ4v) is 5.60. The van der Waals surface area contributed by atoms with Gasteiger partial charge in [0.15, 0.2) is 4.99 Å². The second-order valence-electron chi connectivity index (χ2n) is 7.65. The molecule has 3 rings (SSSR count). The smallest absolute Gasteiger partial charge is 0.321 e. The first-order valence-corrected chi connectivity index (χ1v) is 12.5. The number of hydrogen-bond donors (Lipinski definition) is 4. The number of carbonyl (C=O) groups is 2. The summed E-state index contributed by atoms with van der Waals surface area (Å²) in [6, 6.07) is 13.3. The lowest BCUT2D eigenvalue weighted by molar-refractivity contribution is -0.139. The number of nitrogens with zero attached hydrogens (tertiary/aromatic N) is 1. The van der Waals surface area contributed by atoms with Crippen LogP contribution >= 0.6 is 12.6 Å². The zero-order valence-electron chi connectivity index (χ0n) is 18.1. The van der Waals surface area contributed by atoms with E-state index in [1.165, 1.54) is 31.2 Å². The van der Waals surface area contributed by atoms with Gasteiger partial charge in [-0.3, -0.25) is 19.8 Å². The fourth-order valence-electron chi connectivity index (χ4n) is 3.58. The number of ether oxygens (including phenoxy) is 1. The van der Waals surface area contributed by atoms with E-state index in [4.69, 9.17) is 4.74 Å². The lowest BCUT2D eigenvalue weighted by atomic mass is 10.2. The van der Waals surface area contributed by atoms with E-state index in [1.54, 1.807) is 35.2 Å². The van der Waals surface area contributed by atoms with Crippen LogP contribution in [0.2, 0.25) is 0 Å². The largest absolute Gasteiger partial charge is 0.480 e. The van der Waals surface area contributed by atoms with E-state index in [2.05, 4.69) is 23.3 Å². The fraction of sp³-hybridized carbons (Fsp3) is 0.364. The number of morpholine rings is 1. The third-order valence-corrected chi connectivity index (χ3v) is 8.20. The number of carboxylic acids is 1. The van der Waals surface area contributed by atoms with Crippen LogP contribution in [0, 0.1) is 0 Å². The van der Waals surface area contributed by atoms with Gasteiger partial charge in [-0.15, -0.1) is 0 Å². The van der Waals surface area contributed by atoms with Crippen LogP contribution in [0.15, 0.2) is 59.5 Å². The number of sulfone groups is 1. The molecule has 33 heavy (non-hydrogen) atoms. The first-order chi connectivity index (χ1) is 15.7. The van der Waals surface area contributed by atoms with E-state index in [0.29, 0.717) is 37.6 Å². The number of amides is 1. The van der Waals surface area contributed by atoms with Crippen molar-refractivity contribution in [2.24, 2.45) is 0 Å². The highest BCUT2D eigenvalue weighted by molar-refractivity contribution is 7.92. The van der Waals surface area contributed by atoms with Crippen LogP contribution < -0.4 is 10.6 Å². The molecule has 2 atom stereocenters. The molecule has 0 bridgehead atoms. The van der Waals surface area contributed by atoms with Gasteiger partial charge in [0.05, 0.1) is 18.1 Å². The van der Waals surface area contributed by atoms with Gasteiger partial charge in [-0.25, -0.2) is 8.42 Å². The summed E-state index contributed by atoms with van der Waals surface area (Å²) in [5.41, 5.74) is 0.910. The molecular formula is C22H27N3O6S2. The lowest BCUT2D eigenvalue weighted by Gasteiger charge is -2.44. The van der Waals surface area contributed by atoms with Gasteiger partial charge in [0, 0.05) is 30.1 Å². The second kappa shape index (κ2) is 10.7. The summed E-state index contributed by atoms with van der Waals surface area (Å²) in [6.45, 7) is 2.74. The molecule has 2 aromatic carbocycles. The van der Waals surface area contributed by atoms with Gasteiger partial charge in [0.2, 0.25) is 9.84 Å². The minimum absolute atomic E-state index is 0.00925. The maximum Gasteiger partial charge on any atom is 0.321 e. The molecule has 1 amide bonds. The van der Waals surface area contributed by atoms with E-state index < -0.39 is 26.8 Å². The number of hydrogen-bond acceptors (Lipinski definition) is 8. The lowest BCUT2D eigenvalue weighted by Crippen LogP contribution is -2.67. The topological polar surface area (TPSA) is 125 Å². The summed E-state index contributed by atoms with van der Waals surface area (Å²) in [7, 11) is -4.09. The molecule has 1 unspecified atom stereocenters. The van der Waals surface area contributed by atoms with Crippen molar-refractivity contribution in [3.63, 3.8) is 0 Å². The van der Waals surface area contributed by atoms with E-state index >= 15 is 0 Å². The second-order valence-corrected chi connectivity index (χ2v) is 10.3. The Balaban J connectivity index is 1.89. The molecular weight excluding hydrogens is 466 g/mol. The van der Waals surface area contributed by atoms with Crippen molar-refractivity contribution in [3.05, 3.63) is 60.2 Å². The van der Waals surface area contributed by atoms with Crippen molar-refractivity contribution < 1.29 is 27.9 Å². The zero-order valence-corrected chi connectivity index (χ0v) is 19.8. The molecule has 3 N–H and O–H groups in total. The van der Waals surface area contributed by atoms with E-state index in [0.717, 1.165) is 0 Å². The van der Waals surface area contributed by atoms with Crippen molar-refractivity contribution in [2.75, 3.05) is 37.4 Å². The number of carbonyl (C=O) groups excluding carboxylic acids is 1. The predicted octanol–water partition coefficient (Wildman–Crippen LogP) is 1.69. The number of anilines is 1. The summed E-state index contributed by atoms with van der Waals surface area (Å²) in [4.78, 5) is 23.9. The molecule has 1 heterocycles. The Morgan fingerprint density at radius 2 is 1.73 bits per heavy atom. The first kappa shape index (κ1) is 25.2. The van der Waals surface area contributed by atoms with E-state index in [9.17, 15) is 23.1 Å². The standard InChI is InChI=1S/C22H27N3O6S2/c1-22(24-19(15-32)21(27)28,25-11-13-31-14-12-25)33(29,30)18-9-7-17(8-10-18)23-20(26)16-5-3-2-4-6-16/h2-10,19,24,32H,11-15H2,1H3,(H,23,26)(H,27,28)/t19-,22?/m0/s1. The number of nitrogens with one attached hydrogen (secondary N) is 2. The number of rotatable bonds is 9. The molecule has 1 aliphatic rings. The van der Waals surface area contributed by atoms with Crippen LogP contribution in [0.1, 0.15) is 17.3 Å². The summed E-state index contributed by atoms with van der Waals surface area (Å²) in [5.74, 6) is -1.60. The van der Waals surface area contributed by atoms with Gasteiger partial charge >= 0.3 is 5.97 Å². The Bertz CT molecular complexity index is 1070. The van der Waals surface area contributed by atoms with Crippen LogP contribution in [-0.2, 0) is 19.4 Å². The summed E-state index contributed by atoms with van der Waals surface area (Å²) in [5, 5.41) is 15.0. The normalized spacial score (nSPS) is 17.6. The molecule has 0 saturated carbocycles. The molecule has 1 saturated heterocycles. The summed E-state index contributed by atoms with van der Waals surface area (Å²) >= 11 is 4.07. The molecule has 0 aromatic heterocycles. The Hall–Kier alpha value is -2.44. The molecule has 1 aliphatic heterocycles. The van der Waals surface area contributed by atoms with Gasteiger partial charge in [0.1, 0.15) is 6.04 Å². The van der Waals surface area contributed by atoms with Crippen molar-refractivity contribution in [1.82, 2.24) is 10.2 Å². The number of thiol groups is 1. The van der Waals surface area contributed by atoms with Crippen LogP contribution in [-0.4, -0.2) is 73.4 Å². The molecule has 0 radical (unpaired) electrons. The number of aliphatic carboxylic acids is 1. The Morgan fingerprint density at radius 3 is 2.27 bits per heavy atom. The van der Waals surface area contributed by atoms with Gasteiger partial charge in [-0.2, -0.15) is 12.6 Å².